The first-order valence-corrected chi connectivity index (χ1v) is 3.58. The van der Waals surface area contributed by atoms with E-state index in [0.29, 0.717) is 11.2 Å². The van der Waals surface area contributed by atoms with Gasteiger partial charge in [0.15, 0.2) is 5.65 Å². The van der Waals surface area contributed by atoms with Crippen LogP contribution >= 0.6 is 0 Å². The van der Waals surface area contributed by atoms with Crippen molar-refractivity contribution >= 4 is 11.2 Å². The lowest BCUT2D eigenvalue weighted by Gasteiger charge is -1.95. The molecule has 12 heavy (non-hydrogen) atoms. The highest BCUT2D eigenvalue weighted by Crippen LogP contribution is 2.02. The maximum Gasteiger partial charge on any atom is 0.268 e. The standard InChI is InChI=1S/C8H7N3O/c1-5-2-3-6-8(10-5)11-7(12)4-9-6/h2-4H,1H3,(H,10,11,12). The summed E-state index contributed by atoms with van der Waals surface area (Å²) in [6.45, 7) is 1.87. The van der Waals surface area contributed by atoms with Gasteiger partial charge in [-0.05, 0) is 19.1 Å². The first-order chi connectivity index (χ1) is 5.75. The Labute approximate surface area is 68.3 Å². The second-order valence-electron chi connectivity index (χ2n) is 2.57. The number of nitrogens with one attached hydrogen (secondary N) is 1. The molecule has 0 fully saturated rings. The number of pyridine rings is 1. The van der Waals surface area contributed by atoms with E-state index in [9.17, 15) is 4.79 Å². The van der Waals surface area contributed by atoms with Crippen LogP contribution in [0.25, 0.3) is 11.2 Å². The molecule has 0 saturated heterocycles. The molecule has 0 aliphatic carbocycles. The fraction of sp³-hybridized carbons (Fsp3) is 0.125. The van der Waals surface area contributed by atoms with E-state index >= 15 is 0 Å². The smallest absolute Gasteiger partial charge is 0.268 e. The quantitative estimate of drug-likeness (QED) is 0.616. The Kier molecular flexibility index (Phi) is 1.40. The maximum atomic E-state index is 10.8. The Morgan fingerprint density at radius 2 is 2.25 bits per heavy atom. The molecular weight excluding hydrogens is 154 g/mol. The van der Waals surface area contributed by atoms with E-state index in [1.54, 1.807) is 0 Å². The highest BCUT2D eigenvalue weighted by atomic mass is 16.1. The topological polar surface area (TPSA) is 58.6 Å². The summed E-state index contributed by atoms with van der Waals surface area (Å²) in [5.74, 6) is 0. The normalized spacial score (nSPS) is 10.4. The molecule has 0 bridgehead atoms. The van der Waals surface area contributed by atoms with Crippen molar-refractivity contribution < 1.29 is 0 Å². The Morgan fingerprint density at radius 3 is 3.08 bits per heavy atom. The minimum Gasteiger partial charge on any atom is -0.304 e. The van der Waals surface area contributed by atoms with Gasteiger partial charge in [-0.15, -0.1) is 0 Å². The molecule has 2 rings (SSSR count). The van der Waals surface area contributed by atoms with Crippen LogP contribution in [0, 0.1) is 6.92 Å². The van der Waals surface area contributed by atoms with Gasteiger partial charge in [0.25, 0.3) is 5.56 Å². The molecule has 0 aliphatic heterocycles. The fourth-order valence-corrected chi connectivity index (χ4v) is 1.02. The molecule has 2 aromatic rings. The molecule has 2 heterocycles. The van der Waals surface area contributed by atoms with Gasteiger partial charge >= 0.3 is 0 Å². The molecule has 4 nitrogen and oxygen atoms in total. The minimum absolute atomic E-state index is 0.222. The molecule has 0 saturated carbocycles. The predicted octanol–water partition coefficient (Wildman–Crippen LogP) is 0.627. The van der Waals surface area contributed by atoms with Gasteiger partial charge in [0.2, 0.25) is 0 Å². The van der Waals surface area contributed by atoms with Crippen molar-refractivity contribution in [2.24, 2.45) is 0 Å². The lowest BCUT2D eigenvalue weighted by atomic mass is 10.3. The monoisotopic (exact) mass is 161 g/mol. The van der Waals surface area contributed by atoms with Crippen LogP contribution in [-0.2, 0) is 0 Å². The number of aromatic amines is 1. The molecule has 0 atom stereocenters. The molecule has 60 valence electrons. The van der Waals surface area contributed by atoms with Gasteiger partial charge in [-0.3, -0.25) is 4.79 Å². The van der Waals surface area contributed by atoms with Crippen LogP contribution < -0.4 is 5.56 Å². The lowest BCUT2D eigenvalue weighted by Crippen LogP contribution is -2.06. The predicted molar refractivity (Wildman–Crippen MR) is 44.9 cm³/mol. The summed E-state index contributed by atoms with van der Waals surface area (Å²) in [5.41, 5.74) is 1.90. The Morgan fingerprint density at radius 1 is 1.42 bits per heavy atom. The van der Waals surface area contributed by atoms with Crippen LogP contribution in [0.4, 0.5) is 0 Å². The molecule has 0 unspecified atom stereocenters. The Balaban J connectivity index is 2.89. The van der Waals surface area contributed by atoms with Crippen LogP contribution in [0.3, 0.4) is 0 Å². The van der Waals surface area contributed by atoms with E-state index in [-0.39, 0.29) is 5.56 Å². The number of H-pyrrole nitrogens is 1. The minimum atomic E-state index is -0.222. The molecule has 0 radical (unpaired) electrons. The summed E-state index contributed by atoms with van der Waals surface area (Å²) < 4.78 is 0. The SMILES string of the molecule is Cc1ccc2ncc(=O)[nH]c2n1. The zero-order chi connectivity index (χ0) is 8.55. The van der Waals surface area contributed by atoms with Crippen molar-refractivity contribution in [3.8, 4) is 0 Å². The summed E-state index contributed by atoms with van der Waals surface area (Å²) in [6, 6.07) is 3.68. The second-order valence-corrected chi connectivity index (χ2v) is 2.57. The average molecular weight is 161 g/mol. The molecule has 1 N–H and O–H groups in total. The van der Waals surface area contributed by atoms with E-state index in [1.165, 1.54) is 6.20 Å². The average Bonchev–Trinajstić information content (AvgIpc) is 2.03. The zero-order valence-corrected chi connectivity index (χ0v) is 6.53. The highest BCUT2D eigenvalue weighted by Gasteiger charge is 1.95. The number of nitrogens with zero attached hydrogens (tertiary/aromatic N) is 2. The molecule has 4 heteroatoms. The van der Waals surface area contributed by atoms with Crippen molar-refractivity contribution in [2.45, 2.75) is 6.92 Å². The van der Waals surface area contributed by atoms with Gasteiger partial charge in [0.1, 0.15) is 5.52 Å². The lowest BCUT2D eigenvalue weighted by molar-refractivity contribution is 1.13. The molecule has 0 aromatic carbocycles. The van der Waals surface area contributed by atoms with Gasteiger partial charge in [0, 0.05) is 5.69 Å². The fourth-order valence-electron chi connectivity index (χ4n) is 1.02. The molecule has 0 aliphatic rings. The van der Waals surface area contributed by atoms with Crippen LogP contribution in [0.15, 0.2) is 23.1 Å². The number of aromatic nitrogens is 3. The van der Waals surface area contributed by atoms with Crippen molar-refractivity contribution in [2.75, 3.05) is 0 Å². The van der Waals surface area contributed by atoms with Crippen LogP contribution in [0.2, 0.25) is 0 Å². The summed E-state index contributed by atoms with van der Waals surface area (Å²) in [7, 11) is 0. The number of hydrogen-bond acceptors (Lipinski definition) is 3. The second kappa shape index (κ2) is 2.41. The Bertz CT molecular complexity index is 475. The van der Waals surface area contributed by atoms with Crippen molar-refractivity contribution in [3.05, 3.63) is 34.4 Å². The van der Waals surface area contributed by atoms with Gasteiger partial charge in [0.05, 0.1) is 6.20 Å². The van der Waals surface area contributed by atoms with Gasteiger partial charge in [-0.1, -0.05) is 0 Å². The largest absolute Gasteiger partial charge is 0.304 e. The molecular formula is C8H7N3O. The van der Waals surface area contributed by atoms with Gasteiger partial charge in [-0.25, -0.2) is 9.97 Å². The molecule has 0 amide bonds. The van der Waals surface area contributed by atoms with Crippen molar-refractivity contribution in [1.29, 1.82) is 0 Å². The summed E-state index contributed by atoms with van der Waals surface area (Å²) in [6.07, 6.45) is 1.25. The summed E-state index contributed by atoms with van der Waals surface area (Å²) in [4.78, 5) is 21.5. The third kappa shape index (κ3) is 1.07. The third-order valence-corrected chi connectivity index (χ3v) is 1.58. The van der Waals surface area contributed by atoms with Gasteiger partial charge < -0.3 is 4.98 Å². The first-order valence-electron chi connectivity index (χ1n) is 3.58. The molecule has 2 aromatic heterocycles. The van der Waals surface area contributed by atoms with Crippen molar-refractivity contribution in [1.82, 2.24) is 15.0 Å². The maximum absolute atomic E-state index is 10.8. The third-order valence-electron chi connectivity index (χ3n) is 1.58. The van der Waals surface area contributed by atoms with E-state index < -0.39 is 0 Å². The van der Waals surface area contributed by atoms with E-state index in [1.807, 2.05) is 19.1 Å². The van der Waals surface area contributed by atoms with Crippen LogP contribution in [-0.4, -0.2) is 15.0 Å². The number of aryl methyl sites for hydroxylation is 1. The van der Waals surface area contributed by atoms with Crippen LogP contribution in [0.1, 0.15) is 5.69 Å². The summed E-state index contributed by atoms with van der Waals surface area (Å²) in [5, 5.41) is 0. The van der Waals surface area contributed by atoms with E-state index in [0.717, 1.165) is 5.69 Å². The van der Waals surface area contributed by atoms with E-state index in [2.05, 4.69) is 15.0 Å². The number of rotatable bonds is 0. The first kappa shape index (κ1) is 6.97. The highest BCUT2D eigenvalue weighted by molar-refractivity contribution is 5.68. The Hall–Kier alpha value is -1.71. The van der Waals surface area contributed by atoms with Gasteiger partial charge in [-0.2, -0.15) is 0 Å². The number of fused-ring (bicyclic) bond motifs is 1. The van der Waals surface area contributed by atoms with Crippen LogP contribution in [0.5, 0.6) is 0 Å². The number of hydrogen-bond donors (Lipinski definition) is 1. The van der Waals surface area contributed by atoms with E-state index in [4.69, 9.17) is 0 Å². The zero-order valence-electron chi connectivity index (χ0n) is 6.53. The summed E-state index contributed by atoms with van der Waals surface area (Å²) >= 11 is 0. The van der Waals surface area contributed by atoms with Crippen molar-refractivity contribution in [3.63, 3.8) is 0 Å². The molecule has 0 spiro atoms.